The molecule has 164 valence electrons. The van der Waals surface area contributed by atoms with Crippen LogP contribution in [0.25, 0.3) is 21.5 Å². The third-order valence-electron chi connectivity index (χ3n) is 4.93. The van der Waals surface area contributed by atoms with Crippen molar-refractivity contribution in [3.8, 4) is 0 Å². The number of rotatable bonds is 0. The van der Waals surface area contributed by atoms with E-state index in [-0.39, 0.29) is 39.7 Å². The molecule has 0 aliphatic heterocycles. The minimum absolute atomic E-state index is 0. The van der Waals surface area contributed by atoms with Gasteiger partial charge in [-0.25, -0.2) is 0 Å². The fourth-order valence-corrected chi connectivity index (χ4v) is 3.29. The zero-order valence-corrected chi connectivity index (χ0v) is 24.5. The Morgan fingerprint density at radius 3 is 1.10 bits per heavy atom. The first-order valence-corrected chi connectivity index (χ1v) is 13.1. The van der Waals surface area contributed by atoms with E-state index in [0.29, 0.717) is 0 Å². The van der Waals surface area contributed by atoms with Gasteiger partial charge in [-0.05, 0) is 27.7 Å². The van der Waals surface area contributed by atoms with Crippen molar-refractivity contribution in [1.82, 2.24) is 0 Å². The number of halogens is 2. The average molecular weight is 537 g/mol. The van der Waals surface area contributed by atoms with Crippen molar-refractivity contribution in [2.24, 2.45) is 0 Å². The number of aryl methyl sites for hydroxylation is 6. The SMILES string of the molecule is Cc1cc2cc(C)c(C)cc2[cH-]1.Cc1cc2cc(C)c(C)cc2[cH-]1.Cl.Cl.[CH3-].[CH3-].[Si]=[Zr]. The number of fused-ring (bicyclic) bond motifs is 2. The second kappa shape index (κ2) is 15.2. The van der Waals surface area contributed by atoms with E-state index in [1.165, 1.54) is 78.3 Å². The first-order valence-electron chi connectivity index (χ1n) is 8.87. The maximum absolute atomic E-state index is 3.06. The molecule has 2 radical (unpaired) electrons. The number of hydrogen-bond acceptors (Lipinski definition) is 0. The zero-order valence-electron chi connectivity index (χ0n) is 19.4. The van der Waals surface area contributed by atoms with Gasteiger partial charge in [-0.15, -0.1) is 93.9 Å². The van der Waals surface area contributed by atoms with Crippen molar-refractivity contribution in [1.29, 1.82) is 0 Å². The first kappa shape index (κ1) is 34.0. The molecule has 4 rings (SSSR count). The Bertz CT molecular complexity index is 882. The molecule has 0 bridgehead atoms. The second-order valence-corrected chi connectivity index (χ2v) is 7.20. The molecule has 0 heterocycles. The average Bonchev–Trinajstić information content (AvgIpc) is 3.11. The summed E-state index contributed by atoms with van der Waals surface area (Å²) >= 11 is 1.36. The minimum atomic E-state index is 0. The third-order valence-corrected chi connectivity index (χ3v) is 4.93. The molecule has 0 aromatic heterocycles. The monoisotopic (exact) mass is 534 g/mol. The van der Waals surface area contributed by atoms with E-state index in [9.17, 15) is 0 Å². The van der Waals surface area contributed by atoms with Crippen LogP contribution >= 0.6 is 24.8 Å². The van der Waals surface area contributed by atoms with Gasteiger partial charge in [0.2, 0.25) is 0 Å². The summed E-state index contributed by atoms with van der Waals surface area (Å²) in [6.45, 7) is 16.0. The van der Waals surface area contributed by atoms with Crippen molar-refractivity contribution in [2.75, 3.05) is 0 Å². The van der Waals surface area contributed by atoms with Gasteiger partial charge in [0.25, 0.3) is 0 Å². The van der Waals surface area contributed by atoms with Gasteiger partial charge in [0, 0.05) is 0 Å². The zero-order chi connectivity index (χ0) is 19.4. The quantitative estimate of drug-likeness (QED) is 0.157. The van der Waals surface area contributed by atoms with E-state index in [2.05, 4.69) is 97.0 Å². The van der Waals surface area contributed by atoms with Crippen molar-refractivity contribution < 1.29 is 23.3 Å². The summed E-state index contributed by atoms with van der Waals surface area (Å²) in [4.78, 5) is 0. The number of benzene rings is 2. The summed E-state index contributed by atoms with van der Waals surface area (Å²) in [6, 6.07) is 18.0. The van der Waals surface area contributed by atoms with E-state index < -0.39 is 0 Å². The third kappa shape index (κ3) is 8.46. The molecule has 30 heavy (non-hydrogen) atoms. The molecule has 0 nitrogen and oxygen atoms in total. The fourth-order valence-electron chi connectivity index (χ4n) is 3.29. The van der Waals surface area contributed by atoms with Crippen molar-refractivity contribution in [3.05, 3.63) is 96.8 Å². The van der Waals surface area contributed by atoms with Crippen LogP contribution in [0.3, 0.4) is 0 Å². The van der Waals surface area contributed by atoms with Crippen LogP contribution in [0.15, 0.2) is 48.5 Å². The molecule has 4 heteroatoms. The predicted molar refractivity (Wildman–Crippen MR) is 141 cm³/mol. The number of hydrogen-bond donors (Lipinski definition) is 0. The van der Waals surface area contributed by atoms with Gasteiger partial charge in [-0.3, -0.25) is 0 Å². The summed E-state index contributed by atoms with van der Waals surface area (Å²) in [5.74, 6) is 0. The van der Waals surface area contributed by atoms with Crippen molar-refractivity contribution >= 4 is 53.2 Å². The van der Waals surface area contributed by atoms with E-state index in [1.807, 2.05) is 0 Å². The summed E-state index contributed by atoms with van der Waals surface area (Å²) in [6.07, 6.45) is 0. The van der Waals surface area contributed by atoms with E-state index in [0.717, 1.165) is 0 Å². The Morgan fingerprint density at radius 2 is 0.800 bits per heavy atom. The summed E-state index contributed by atoms with van der Waals surface area (Å²) in [5, 5.41) is 5.48. The molecule has 0 fully saturated rings. The molecule has 0 saturated heterocycles. The predicted octanol–water partition coefficient (Wildman–Crippen LogP) is 8.33. The van der Waals surface area contributed by atoms with Gasteiger partial charge >= 0.3 is 30.2 Å². The van der Waals surface area contributed by atoms with E-state index >= 15 is 0 Å². The topological polar surface area (TPSA) is 0 Å². The normalized spacial score (nSPS) is 8.83. The second-order valence-electron chi connectivity index (χ2n) is 7.20. The van der Waals surface area contributed by atoms with Crippen LogP contribution < -0.4 is 0 Å². The van der Waals surface area contributed by atoms with Gasteiger partial charge < -0.3 is 14.9 Å². The first-order chi connectivity index (χ1) is 12.3. The van der Waals surface area contributed by atoms with Crippen LogP contribution in [0.2, 0.25) is 0 Å². The van der Waals surface area contributed by atoms with Gasteiger partial charge in [-0.1, -0.05) is 36.1 Å². The molecule has 0 aliphatic carbocycles. The summed E-state index contributed by atoms with van der Waals surface area (Å²) in [5.41, 5.74) is 8.24. The molecule has 4 aromatic rings. The molecule has 4 aromatic carbocycles. The van der Waals surface area contributed by atoms with Crippen LogP contribution in [0.5, 0.6) is 0 Å². The Kier molecular flexibility index (Phi) is 17.2. The molecule has 0 N–H and O–H groups in total. The van der Waals surface area contributed by atoms with E-state index in [1.54, 1.807) is 0 Å². The molecule has 0 amide bonds. The van der Waals surface area contributed by atoms with Gasteiger partial charge in [0.15, 0.2) is 0 Å². The molecule has 0 spiro atoms. The van der Waals surface area contributed by atoms with Gasteiger partial charge in [0.1, 0.15) is 0 Å². The van der Waals surface area contributed by atoms with Crippen LogP contribution in [0.4, 0.5) is 0 Å². The van der Waals surface area contributed by atoms with Crippen LogP contribution in [0, 0.1) is 56.4 Å². The van der Waals surface area contributed by atoms with Crippen LogP contribution in [-0.4, -0.2) is 6.88 Å². The van der Waals surface area contributed by atoms with Crippen molar-refractivity contribution in [2.45, 2.75) is 41.5 Å². The fraction of sp³-hybridized carbons (Fsp3) is 0.231. The molecule has 0 atom stereocenters. The molecule has 0 aliphatic rings. The van der Waals surface area contributed by atoms with Crippen LogP contribution in [-0.2, 0) is 23.3 Å². The molecule has 0 unspecified atom stereocenters. The maximum atomic E-state index is 3.06. The molecular formula is C26H34Cl2SiZr-4. The summed E-state index contributed by atoms with van der Waals surface area (Å²) < 4.78 is 0. The van der Waals surface area contributed by atoms with Crippen LogP contribution in [0.1, 0.15) is 33.4 Å². The molecular weight excluding hydrogens is 503 g/mol. The van der Waals surface area contributed by atoms with E-state index in [4.69, 9.17) is 0 Å². The van der Waals surface area contributed by atoms with Gasteiger partial charge in [0.05, 0.1) is 0 Å². The van der Waals surface area contributed by atoms with Crippen molar-refractivity contribution in [3.63, 3.8) is 0 Å². The Labute approximate surface area is 213 Å². The molecule has 0 saturated carbocycles. The summed E-state index contributed by atoms with van der Waals surface area (Å²) in [7, 11) is 0. The Morgan fingerprint density at radius 1 is 0.533 bits per heavy atom. The van der Waals surface area contributed by atoms with Gasteiger partial charge in [-0.2, -0.15) is 12.1 Å². The standard InChI is InChI=1S/2C12H13.2CH3.2ClH.Si.Zr/c2*1-8-4-11-6-9(2)10(3)7-12(11)5-8;;;;;;/h2*4-7H,1-3H3;2*1H3;2*1H;;/q4*-1;;;;. The Hall–Kier alpha value is -0.660. The Balaban J connectivity index is -0.000000400.